The van der Waals surface area contributed by atoms with Crippen LogP contribution < -0.4 is 5.32 Å². The highest BCUT2D eigenvalue weighted by Crippen LogP contribution is 2.03. The molecule has 2 aromatic rings. The Morgan fingerprint density at radius 2 is 1.83 bits per heavy atom. The number of benzene rings is 1. The Morgan fingerprint density at radius 3 is 2.48 bits per heavy atom. The number of aromatic nitrogens is 1. The van der Waals surface area contributed by atoms with Gasteiger partial charge < -0.3 is 10.2 Å². The van der Waals surface area contributed by atoms with Gasteiger partial charge in [-0.2, -0.15) is 0 Å². The minimum Gasteiger partial charge on any atom is -0.354 e. The largest absolute Gasteiger partial charge is 0.354 e. The van der Waals surface area contributed by atoms with E-state index in [2.05, 4.69) is 10.3 Å². The minimum absolute atomic E-state index is 0.0546. The number of nitrogens with one attached hydrogen (secondary N) is 1. The van der Waals surface area contributed by atoms with E-state index in [4.69, 9.17) is 0 Å². The lowest BCUT2D eigenvalue weighted by molar-refractivity contribution is -0.134. The highest BCUT2D eigenvalue weighted by molar-refractivity contribution is 5.83. The fourth-order valence-corrected chi connectivity index (χ4v) is 2.21. The molecule has 0 radical (unpaired) electrons. The first-order chi connectivity index (χ1) is 11.1. The molecule has 5 nitrogen and oxygen atoms in total. The SMILES string of the molecule is CC(=O)N(CC(=O)NCCc1ccccc1)Cc1cccnc1. The quantitative estimate of drug-likeness (QED) is 0.848. The van der Waals surface area contributed by atoms with Crippen molar-refractivity contribution < 1.29 is 9.59 Å². The highest BCUT2D eigenvalue weighted by Gasteiger charge is 2.13. The van der Waals surface area contributed by atoms with E-state index in [-0.39, 0.29) is 18.4 Å². The molecular formula is C18H21N3O2. The Balaban J connectivity index is 1.80. The number of hydrogen-bond acceptors (Lipinski definition) is 3. The van der Waals surface area contributed by atoms with Gasteiger partial charge in [0.05, 0.1) is 6.54 Å². The van der Waals surface area contributed by atoms with Crippen LogP contribution in [0.1, 0.15) is 18.1 Å². The highest BCUT2D eigenvalue weighted by atomic mass is 16.2. The van der Waals surface area contributed by atoms with Crippen LogP contribution in [0.3, 0.4) is 0 Å². The summed E-state index contributed by atoms with van der Waals surface area (Å²) >= 11 is 0. The third-order valence-corrected chi connectivity index (χ3v) is 3.45. The van der Waals surface area contributed by atoms with Crippen molar-refractivity contribution in [2.24, 2.45) is 0 Å². The van der Waals surface area contributed by atoms with Crippen molar-refractivity contribution in [3.05, 3.63) is 66.0 Å². The first kappa shape index (κ1) is 16.7. The van der Waals surface area contributed by atoms with Crippen molar-refractivity contribution in [2.75, 3.05) is 13.1 Å². The molecule has 23 heavy (non-hydrogen) atoms. The molecule has 0 saturated carbocycles. The molecule has 1 aromatic carbocycles. The molecule has 0 atom stereocenters. The maximum atomic E-state index is 12.0. The molecule has 0 unspecified atom stereocenters. The Hall–Kier alpha value is -2.69. The molecule has 0 aliphatic heterocycles. The molecule has 0 aliphatic rings. The molecule has 0 fully saturated rings. The third-order valence-electron chi connectivity index (χ3n) is 3.45. The predicted octanol–water partition coefficient (Wildman–Crippen LogP) is 1.79. The summed E-state index contributed by atoms with van der Waals surface area (Å²) in [6.07, 6.45) is 4.15. The lowest BCUT2D eigenvalue weighted by atomic mass is 10.1. The zero-order chi connectivity index (χ0) is 16.5. The van der Waals surface area contributed by atoms with Crippen molar-refractivity contribution in [1.29, 1.82) is 0 Å². The molecule has 0 bridgehead atoms. The molecule has 2 rings (SSSR count). The maximum absolute atomic E-state index is 12.0. The summed E-state index contributed by atoms with van der Waals surface area (Å²) in [4.78, 5) is 29.3. The van der Waals surface area contributed by atoms with Crippen molar-refractivity contribution in [1.82, 2.24) is 15.2 Å². The lowest BCUT2D eigenvalue weighted by Crippen LogP contribution is -2.39. The third kappa shape index (κ3) is 5.90. The molecule has 0 spiro atoms. The van der Waals surface area contributed by atoms with Crippen LogP contribution in [0.15, 0.2) is 54.9 Å². The zero-order valence-corrected chi connectivity index (χ0v) is 13.2. The van der Waals surface area contributed by atoms with E-state index in [0.29, 0.717) is 13.1 Å². The number of rotatable bonds is 7. The predicted molar refractivity (Wildman–Crippen MR) is 88.5 cm³/mol. The molecule has 0 saturated heterocycles. The molecule has 1 N–H and O–H groups in total. The van der Waals surface area contributed by atoms with Crippen LogP contribution in [0.5, 0.6) is 0 Å². The topological polar surface area (TPSA) is 62.3 Å². The van der Waals surface area contributed by atoms with E-state index >= 15 is 0 Å². The van der Waals surface area contributed by atoms with Gasteiger partial charge in [0.2, 0.25) is 11.8 Å². The second kappa shape index (κ2) is 8.68. The van der Waals surface area contributed by atoms with E-state index < -0.39 is 0 Å². The molecule has 1 heterocycles. The van der Waals surface area contributed by atoms with Crippen LogP contribution in [0.25, 0.3) is 0 Å². The fraction of sp³-hybridized carbons (Fsp3) is 0.278. The molecule has 1 aromatic heterocycles. The number of nitrogens with zero attached hydrogens (tertiary/aromatic N) is 2. The fourth-order valence-electron chi connectivity index (χ4n) is 2.21. The maximum Gasteiger partial charge on any atom is 0.239 e. The van der Waals surface area contributed by atoms with Crippen molar-refractivity contribution >= 4 is 11.8 Å². The van der Waals surface area contributed by atoms with Gasteiger partial charge in [-0.3, -0.25) is 14.6 Å². The first-order valence-corrected chi connectivity index (χ1v) is 7.60. The normalized spacial score (nSPS) is 10.1. The monoisotopic (exact) mass is 311 g/mol. The number of carbonyl (C=O) groups is 2. The summed E-state index contributed by atoms with van der Waals surface area (Å²) < 4.78 is 0. The van der Waals surface area contributed by atoms with Gasteiger partial charge in [-0.05, 0) is 23.6 Å². The summed E-state index contributed by atoms with van der Waals surface area (Å²) in [5.74, 6) is -0.285. The van der Waals surface area contributed by atoms with E-state index in [0.717, 1.165) is 12.0 Å². The van der Waals surface area contributed by atoms with Crippen LogP contribution in [-0.4, -0.2) is 34.8 Å². The van der Waals surface area contributed by atoms with E-state index in [1.807, 2.05) is 42.5 Å². The summed E-state index contributed by atoms with van der Waals surface area (Å²) in [5, 5.41) is 2.85. The van der Waals surface area contributed by atoms with E-state index in [1.54, 1.807) is 12.4 Å². The number of pyridine rings is 1. The van der Waals surface area contributed by atoms with E-state index in [1.165, 1.54) is 17.4 Å². The Labute approximate surface area is 136 Å². The smallest absolute Gasteiger partial charge is 0.239 e. The van der Waals surface area contributed by atoms with Crippen LogP contribution in [0.2, 0.25) is 0 Å². The number of carbonyl (C=O) groups excluding carboxylic acids is 2. The minimum atomic E-state index is -0.153. The summed E-state index contributed by atoms with van der Waals surface area (Å²) in [6.45, 7) is 2.46. The zero-order valence-electron chi connectivity index (χ0n) is 13.2. The Bertz CT molecular complexity index is 629. The van der Waals surface area contributed by atoms with Gasteiger partial charge >= 0.3 is 0 Å². The van der Waals surface area contributed by atoms with Crippen molar-refractivity contribution in [3.8, 4) is 0 Å². The second-order valence-corrected chi connectivity index (χ2v) is 5.32. The van der Waals surface area contributed by atoms with Crippen LogP contribution in [0, 0.1) is 0 Å². The van der Waals surface area contributed by atoms with Gasteiger partial charge in [0.25, 0.3) is 0 Å². The van der Waals surface area contributed by atoms with Crippen molar-refractivity contribution in [2.45, 2.75) is 19.9 Å². The van der Waals surface area contributed by atoms with Gasteiger partial charge in [0, 0.05) is 32.4 Å². The average Bonchev–Trinajstić information content (AvgIpc) is 2.56. The standard InChI is InChI=1S/C18H21N3O2/c1-15(22)21(13-17-8-5-10-19-12-17)14-18(23)20-11-9-16-6-3-2-4-7-16/h2-8,10,12H,9,11,13-14H2,1H3,(H,20,23). The molecule has 120 valence electrons. The van der Waals surface area contributed by atoms with E-state index in [9.17, 15) is 9.59 Å². The van der Waals surface area contributed by atoms with Gasteiger partial charge in [0.15, 0.2) is 0 Å². The van der Waals surface area contributed by atoms with Gasteiger partial charge in [-0.25, -0.2) is 0 Å². The van der Waals surface area contributed by atoms with Gasteiger partial charge in [-0.15, -0.1) is 0 Å². The lowest BCUT2D eigenvalue weighted by Gasteiger charge is -2.20. The number of amides is 2. The second-order valence-electron chi connectivity index (χ2n) is 5.32. The molecule has 5 heteroatoms. The van der Waals surface area contributed by atoms with Crippen molar-refractivity contribution in [3.63, 3.8) is 0 Å². The van der Waals surface area contributed by atoms with Gasteiger partial charge in [-0.1, -0.05) is 36.4 Å². The van der Waals surface area contributed by atoms with Crippen LogP contribution in [0.4, 0.5) is 0 Å². The summed E-state index contributed by atoms with van der Waals surface area (Å²) in [5.41, 5.74) is 2.08. The molecular weight excluding hydrogens is 290 g/mol. The van der Waals surface area contributed by atoms with Gasteiger partial charge in [0.1, 0.15) is 0 Å². The van der Waals surface area contributed by atoms with Crippen LogP contribution in [-0.2, 0) is 22.6 Å². The summed E-state index contributed by atoms with van der Waals surface area (Å²) in [7, 11) is 0. The Morgan fingerprint density at radius 1 is 1.09 bits per heavy atom. The van der Waals surface area contributed by atoms with Crippen LogP contribution >= 0.6 is 0 Å². The first-order valence-electron chi connectivity index (χ1n) is 7.60. The number of hydrogen-bond donors (Lipinski definition) is 1. The molecule has 0 aliphatic carbocycles. The average molecular weight is 311 g/mol. The summed E-state index contributed by atoms with van der Waals surface area (Å²) in [6, 6.07) is 13.7. The Kier molecular flexibility index (Phi) is 6.29. The molecule has 2 amide bonds.